The predicted octanol–water partition coefficient (Wildman–Crippen LogP) is -9.96. The number of hydrogen-bond donors (Lipinski definition) is 3. The molecule has 0 bridgehead atoms. The van der Waals surface area contributed by atoms with Crippen LogP contribution in [0.15, 0.2) is 24.3 Å². The second-order valence-electron chi connectivity index (χ2n) is 5.35. The van der Waals surface area contributed by atoms with E-state index in [-0.39, 0.29) is 101 Å². The number of phenolic OH excluding ortho intramolecular Hbond substituents is 1. The van der Waals surface area contributed by atoms with E-state index < -0.39 is 48.4 Å². The first-order valence-corrected chi connectivity index (χ1v) is 11.5. The Morgan fingerprint density at radius 1 is 1.03 bits per heavy atom. The summed E-state index contributed by atoms with van der Waals surface area (Å²) in [5.41, 5.74) is 0.340. The molecule has 1 fully saturated rings. The fourth-order valence-electron chi connectivity index (χ4n) is 2.29. The molecule has 3 N–H and O–H groups in total. The van der Waals surface area contributed by atoms with Gasteiger partial charge in [0.2, 0.25) is 0 Å². The van der Waals surface area contributed by atoms with Gasteiger partial charge in [-0.15, -0.1) is 0 Å². The van der Waals surface area contributed by atoms with Gasteiger partial charge in [0.25, 0.3) is 23.5 Å². The first-order chi connectivity index (χ1) is 12.3. The first kappa shape index (κ1) is 34.5. The van der Waals surface area contributed by atoms with Crippen molar-refractivity contribution in [3.8, 4) is 5.75 Å². The molecule has 1 aromatic rings. The minimum Gasteiger partial charge on any atom is -0.756 e. The number of rotatable bonds is 8. The zero-order chi connectivity index (χ0) is 20.5. The third-order valence-electron chi connectivity index (χ3n) is 3.31. The van der Waals surface area contributed by atoms with Gasteiger partial charge in [-0.25, -0.2) is 8.62 Å². The van der Waals surface area contributed by atoms with Crippen molar-refractivity contribution >= 4 is 23.5 Å². The predicted molar refractivity (Wildman–Crippen MR) is 79.5 cm³/mol. The smallest absolute Gasteiger partial charge is 0.756 e. The SMILES string of the molecule is O=P([O-])(O)OP(=O)([O-])OP(=O)([O-])OC[C@H]1O[C@@H](c2ccccc2O)C[C@@H]1O.[Na+].[Na+].[Na+]. The number of hydrogen-bond acceptors (Lipinski definition) is 12. The molecule has 1 heterocycles. The fourth-order valence-corrected chi connectivity index (χ4v) is 5.19. The number of phosphoric acid groups is 3. The maximum Gasteiger partial charge on any atom is 1.00 e. The van der Waals surface area contributed by atoms with Crippen LogP contribution < -0.4 is 103 Å². The molecule has 1 aliphatic rings. The van der Waals surface area contributed by atoms with Gasteiger partial charge in [0.05, 0.1) is 18.8 Å². The van der Waals surface area contributed by atoms with Crippen LogP contribution in [0.25, 0.3) is 0 Å². The van der Waals surface area contributed by atoms with Crippen LogP contribution in [0.4, 0.5) is 0 Å². The van der Waals surface area contributed by atoms with Crippen LogP contribution in [-0.4, -0.2) is 33.9 Å². The van der Waals surface area contributed by atoms with Gasteiger partial charge in [0.1, 0.15) is 11.9 Å². The van der Waals surface area contributed by atoms with Crippen LogP contribution in [0.1, 0.15) is 18.1 Å². The molecule has 1 aliphatic heterocycles. The van der Waals surface area contributed by atoms with Crippen LogP contribution in [0.2, 0.25) is 0 Å². The van der Waals surface area contributed by atoms with Crippen molar-refractivity contribution in [3.63, 3.8) is 0 Å². The number of phosphoric ester groups is 1. The zero-order valence-electron chi connectivity index (χ0n) is 16.2. The largest absolute Gasteiger partial charge is 1.00 e. The molecule has 0 aliphatic carbocycles. The second kappa shape index (κ2) is 14.0. The monoisotopic (exact) mass is 516 g/mol. The topological polar surface area (TPSA) is 218 Å². The molecular weight excluding hydrogens is 502 g/mol. The van der Waals surface area contributed by atoms with E-state index in [0.717, 1.165) is 0 Å². The molecule has 1 saturated heterocycles. The third kappa shape index (κ3) is 11.7. The van der Waals surface area contributed by atoms with E-state index in [1.54, 1.807) is 12.1 Å². The van der Waals surface area contributed by atoms with Gasteiger partial charge < -0.3 is 39.0 Å². The zero-order valence-corrected chi connectivity index (χ0v) is 24.9. The Labute approximate surface area is 237 Å². The Kier molecular flexibility index (Phi) is 16.2. The number of para-hydroxylation sites is 1. The van der Waals surface area contributed by atoms with Crippen LogP contribution >= 0.6 is 23.5 Å². The van der Waals surface area contributed by atoms with E-state index in [1.807, 2.05) is 0 Å². The Morgan fingerprint density at radius 2 is 1.60 bits per heavy atom. The molecule has 0 aromatic heterocycles. The molecule has 13 nitrogen and oxygen atoms in total. The van der Waals surface area contributed by atoms with E-state index in [0.29, 0.717) is 5.56 Å². The molecule has 0 amide bonds. The van der Waals surface area contributed by atoms with Crippen molar-refractivity contribution in [1.82, 2.24) is 0 Å². The molecule has 154 valence electrons. The van der Waals surface area contributed by atoms with Gasteiger partial charge in [0, 0.05) is 12.0 Å². The minimum absolute atomic E-state index is 0. The summed E-state index contributed by atoms with van der Waals surface area (Å²) in [7, 11) is -17.5. The fraction of sp³-hybridized carbons (Fsp3) is 0.455. The normalized spacial score (nSPS) is 26.6. The Hall–Kier alpha value is 2.35. The van der Waals surface area contributed by atoms with Gasteiger partial charge in [-0.1, -0.05) is 18.2 Å². The van der Waals surface area contributed by atoms with Crippen molar-refractivity contribution in [2.75, 3.05) is 6.61 Å². The van der Waals surface area contributed by atoms with E-state index in [9.17, 15) is 38.6 Å². The first-order valence-electron chi connectivity index (χ1n) is 7.12. The third-order valence-corrected chi connectivity index (χ3v) is 7.00. The molecule has 6 atom stereocenters. The summed E-state index contributed by atoms with van der Waals surface area (Å²) in [5, 5.41) is 19.7. The van der Waals surface area contributed by atoms with Gasteiger partial charge in [-0.2, -0.15) is 0 Å². The second-order valence-corrected chi connectivity index (χ2v) is 9.64. The van der Waals surface area contributed by atoms with Gasteiger partial charge >= 0.3 is 88.7 Å². The van der Waals surface area contributed by atoms with Gasteiger partial charge in [-0.05, 0) is 6.07 Å². The molecular formula is C11H14Na3O13P3. The van der Waals surface area contributed by atoms with Crippen molar-refractivity contribution < 1.29 is 150 Å². The summed E-state index contributed by atoms with van der Waals surface area (Å²) in [6.07, 6.45) is -3.24. The maximum absolute atomic E-state index is 11.5. The Morgan fingerprint density at radius 3 is 2.13 bits per heavy atom. The van der Waals surface area contributed by atoms with Crippen molar-refractivity contribution in [1.29, 1.82) is 0 Å². The summed E-state index contributed by atoms with van der Waals surface area (Å²) in [5.74, 6) is -0.107. The van der Waals surface area contributed by atoms with E-state index in [2.05, 4.69) is 13.1 Å². The Bertz CT molecular complexity index is 821. The summed E-state index contributed by atoms with van der Waals surface area (Å²) in [6, 6.07) is 6.08. The standard InChI is InChI=1S/C11H17O13P3.3Na/c12-8-4-2-1-3-7(8)10-5-9(13)11(22-10)6-21-26(17,18)24-27(19,20)23-25(14,15)16;;;/h1-4,9-13H,5-6H2,(H,17,18)(H,19,20)(H2,14,15,16);;;/q;3*+1/p-3/t9-,10+,11+;;;/m0.../s1. The quantitative estimate of drug-likeness (QED) is 0.216. The number of aliphatic hydroxyl groups excluding tert-OH is 1. The number of ether oxygens (including phenoxy) is 1. The molecule has 0 radical (unpaired) electrons. The molecule has 19 heteroatoms. The average molecular weight is 516 g/mol. The van der Waals surface area contributed by atoms with E-state index >= 15 is 0 Å². The van der Waals surface area contributed by atoms with E-state index in [1.165, 1.54) is 12.1 Å². The van der Waals surface area contributed by atoms with Crippen LogP contribution in [0, 0.1) is 0 Å². The minimum atomic E-state index is -5.99. The summed E-state index contributed by atoms with van der Waals surface area (Å²) < 4.78 is 49.1. The number of aromatic hydroxyl groups is 1. The molecule has 1 aromatic carbocycles. The average Bonchev–Trinajstić information content (AvgIpc) is 2.83. The Balaban J connectivity index is 0. The van der Waals surface area contributed by atoms with Gasteiger partial charge in [0.15, 0.2) is 0 Å². The van der Waals surface area contributed by atoms with Crippen LogP contribution in [-0.2, 0) is 31.6 Å². The van der Waals surface area contributed by atoms with E-state index in [4.69, 9.17) is 9.63 Å². The molecule has 30 heavy (non-hydrogen) atoms. The number of aliphatic hydroxyl groups is 1. The summed E-state index contributed by atoms with van der Waals surface area (Å²) in [6.45, 7) is -0.875. The summed E-state index contributed by atoms with van der Waals surface area (Å²) >= 11 is 0. The van der Waals surface area contributed by atoms with Crippen LogP contribution in [0.5, 0.6) is 5.75 Å². The van der Waals surface area contributed by atoms with Crippen molar-refractivity contribution in [3.05, 3.63) is 29.8 Å². The van der Waals surface area contributed by atoms with Gasteiger partial charge in [-0.3, -0.25) is 13.7 Å². The molecule has 0 saturated carbocycles. The van der Waals surface area contributed by atoms with Crippen LogP contribution in [0.3, 0.4) is 0 Å². The maximum atomic E-state index is 11.5. The number of benzene rings is 1. The molecule has 0 spiro atoms. The van der Waals surface area contributed by atoms with Crippen molar-refractivity contribution in [2.45, 2.75) is 24.7 Å². The summed E-state index contributed by atoms with van der Waals surface area (Å²) in [4.78, 5) is 41.2. The van der Waals surface area contributed by atoms with Crippen molar-refractivity contribution in [2.24, 2.45) is 0 Å². The molecule has 2 rings (SSSR count). The number of phenols is 1. The molecule has 3 unspecified atom stereocenters.